The number of hydrogen-bond donors (Lipinski definition) is 0. The third-order valence-corrected chi connectivity index (χ3v) is 7.53. The number of nitrogens with zero attached hydrogens (tertiary/aromatic N) is 5. The van der Waals surface area contributed by atoms with E-state index in [2.05, 4.69) is 20.3 Å². The molecule has 0 spiro atoms. The Bertz CT molecular complexity index is 1200. The van der Waals surface area contributed by atoms with Crippen LogP contribution in [0.25, 0.3) is 0 Å². The zero-order valence-electron chi connectivity index (χ0n) is 20.8. The van der Waals surface area contributed by atoms with Crippen LogP contribution in [0, 0.1) is 11.3 Å². The molecule has 12 heteroatoms. The van der Waals surface area contributed by atoms with Gasteiger partial charge in [-0.2, -0.15) is 26.3 Å². The smallest absolute Gasteiger partial charge is 0.376 e. The van der Waals surface area contributed by atoms with Gasteiger partial charge >= 0.3 is 12.4 Å². The first-order valence-corrected chi connectivity index (χ1v) is 12.2. The fraction of sp³-hybridized carbons (Fsp3) is 0.500. The lowest BCUT2D eigenvalue weighted by Gasteiger charge is -2.33. The van der Waals surface area contributed by atoms with Crippen molar-refractivity contribution in [2.24, 2.45) is 26.8 Å². The zero-order chi connectivity index (χ0) is 27.3. The molecule has 2 heterocycles. The van der Waals surface area contributed by atoms with Crippen molar-refractivity contribution in [2.45, 2.75) is 37.6 Å². The minimum Gasteiger partial charge on any atom is -0.376 e. The third-order valence-electron chi connectivity index (χ3n) is 7.53. The maximum absolute atomic E-state index is 13.3. The SMILES string of the molecule is CN(C)C1N=NN=C1CN1C[C@H]2C[C@@]2(COCc2cc(C(F)(F)F)cc(C(F)(F)F)c2)[C@@H]1c1ccccc1. The standard InChI is InChI=1S/C26H27F6N5O/c1-36(2)23-21(33-35-34-23)13-37-12-20-11-24(20,22(37)17-6-4-3-5-7-17)15-38-14-16-8-18(25(27,28)29)10-19(9-16)26(30,31)32/h3-10,20,22-23H,11-15H2,1-2H3/t20-,22+,23?,24+/m1/s1. The van der Waals surface area contributed by atoms with E-state index >= 15 is 0 Å². The van der Waals surface area contributed by atoms with Gasteiger partial charge in [-0.15, -0.1) is 10.2 Å². The second kappa shape index (κ2) is 9.73. The molecule has 0 aromatic heterocycles. The summed E-state index contributed by atoms with van der Waals surface area (Å²) in [5.74, 6) is 0.286. The lowest BCUT2D eigenvalue weighted by molar-refractivity contribution is -0.143. The Hall–Kier alpha value is -2.83. The van der Waals surface area contributed by atoms with Gasteiger partial charge in [-0.25, -0.2) is 0 Å². The van der Waals surface area contributed by atoms with E-state index in [9.17, 15) is 26.3 Å². The van der Waals surface area contributed by atoms with Gasteiger partial charge < -0.3 is 4.74 Å². The van der Waals surface area contributed by atoms with Crippen LogP contribution >= 0.6 is 0 Å². The van der Waals surface area contributed by atoms with Crippen LogP contribution in [0.3, 0.4) is 0 Å². The Morgan fingerprint density at radius 1 is 1.00 bits per heavy atom. The lowest BCUT2D eigenvalue weighted by atomic mass is 9.90. The quantitative estimate of drug-likeness (QED) is 0.386. The van der Waals surface area contributed by atoms with Gasteiger partial charge in [0.25, 0.3) is 0 Å². The van der Waals surface area contributed by atoms with Crippen molar-refractivity contribution in [2.75, 3.05) is 33.8 Å². The fourth-order valence-corrected chi connectivity index (χ4v) is 5.76. The number of alkyl halides is 6. The maximum atomic E-state index is 13.3. The Balaban J connectivity index is 1.34. The summed E-state index contributed by atoms with van der Waals surface area (Å²) in [6, 6.07) is 11.4. The second-order valence-corrected chi connectivity index (χ2v) is 10.4. The van der Waals surface area contributed by atoms with Gasteiger partial charge in [0.1, 0.15) is 0 Å². The van der Waals surface area contributed by atoms with Crippen LogP contribution in [0.2, 0.25) is 0 Å². The van der Waals surface area contributed by atoms with Crippen LogP contribution in [0.15, 0.2) is 64.0 Å². The minimum absolute atomic E-state index is 0.0490. The predicted octanol–water partition coefficient (Wildman–Crippen LogP) is 6.01. The number of likely N-dealkylation sites (tertiary alicyclic amines) is 1. The topological polar surface area (TPSA) is 52.8 Å². The Morgan fingerprint density at radius 2 is 1.66 bits per heavy atom. The molecule has 0 N–H and O–H groups in total. The van der Waals surface area contributed by atoms with Gasteiger partial charge in [0.15, 0.2) is 6.17 Å². The molecular weight excluding hydrogens is 512 g/mol. The molecular formula is C26H27F6N5O. The first kappa shape index (κ1) is 26.8. The van der Waals surface area contributed by atoms with Crippen molar-refractivity contribution in [3.63, 3.8) is 0 Å². The highest BCUT2D eigenvalue weighted by molar-refractivity contribution is 5.91. The summed E-state index contributed by atoms with van der Waals surface area (Å²) in [6.45, 7) is 1.17. The Morgan fingerprint density at radius 3 is 2.26 bits per heavy atom. The van der Waals surface area contributed by atoms with Crippen molar-refractivity contribution >= 4 is 5.71 Å². The molecule has 4 atom stereocenters. The number of fused-ring (bicyclic) bond motifs is 1. The van der Waals surface area contributed by atoms with E-state index < -0.39 is 23.5 Å². The summed E-state index contributed by atoms with van der Waals surface area (Å²) in [6.07, 6.45) is -9.18. The van der Waals surface area contributed by atoms with E-state index in [1.807, 2.05) is 49.3 Å². The number of ether oxygens (including phenoxy) is 1. The van der Waals surface area contributed by atoms with Crippen LogP contribution in [0.4, 0.5) is 26.3 Å². The molecule has 38 heavy (non-hydrogen) atoms. The predicted molar refractivity (Wildman–Crippen MR) is 127 cm³/mol. The summed E-state index contributed by atoms with van der Waals surface area (Å²) >= 11 is 0. The molecule has 2 aliphatic heterocycles. The summed E-state index contributed by atoms with van der Waals surface area (Å²) < 4.78 is 85.4. The average molecular weight is 540 g/mol. The number of benzene rings is 2. The van der Waals surface area contributed by atoms with E-state index in [4.69, 9.17) is 4.74 Å². The van der Waals surface area contributed by atoms with Crippen LogP contribution in [0.1, 0.15) is 34.7 Å². The van der Waals surface area contributed by atoms with Crippen molar-refractivity contribution < 1.29 is 31.1 Å². The highest BCUT2D eigenvalue weighted by Crippen LogP contribution is 2.67. The van der Waals surface area contributed by atoms with Gasteiger partial charge in [-0.3, -0.25) is 9.80 Å². The molecule has 2 aromatic carbocycles. The normalized spacial score (nSPS) is 27.2. The number of halogens is 6. The average Bonchev–Trinajstić information content (AvgIpc) is 3.18. The van der Waals surface area contributed by atoms with E-state index in [0.29, 0.717) is 6.54 Å². The van der Waals surface area contributed by atoms with Gasteiger partial charge in [-0.05, 0) is 61.0 Å². The minimum atomic E-state index is -4.90. The lowest BCUT2D eigenvalue weighted by Crippen LogP contribution is -2.41. The van der Waals surface area contributed by atoms with E-state index in [-0.39, 0.29) is 48.4 Å². The largest absolute Gasteiger partial charge is 0.416 e. The molecule has 1 saturated carbocycles. The third kappa shape index (κ3) is 5.21. The summed E-state index contributed by atoms with van der Waals surface area (Å²) in [5, 5.41) is 12.2. The monoisotopic (exact) mass is 539 g/mol. The summed E-state index contributed by atoms with van der Waals surface area (Å²) in [5.41, 5.74) is -1.25. The highest BCUT2D eigenvalue weighted by Gasteiger charge is 2.66. The molecule has 3 aliphatic rings. The van der Waals surface area contributed by atoms with Gasteiger partial charge in [-0.1, -0.05) is 30.3 Å². The molecule has 2 fully saturated rings. The fourth-order valence-electron chi connectivity index (χ4n) is 5.76. The van der Waals surface area contributed by atoms with E-state index in [1.54, 1.807) is 0 Å². The second-order valence-electron chi connectivity index (χ2n) is 10.4. The van der Waals surface area contributed by atoms with Gasteiger partial charge in [0.05, 0.1) is 30.1 Å². The Kier molecular flexibility index (Phi) is 6.85. The molecule has 0 radical (unpaired) electrons. The van der Waals surface area contributed by atoms with E-state index in [1.165, 1.54) is 0 Å². The van der Waals surface area contributed by atoms with Crippen molar-refractivity contribution in [1.29, 1.82) is 0 Å². The van der Waals surface area contributed by atoms with Crippen LogP contribution in [0.5, 0.6) is 0 Å². The molecule has 1 aliphatic carbocycles. The summed E-state index contributed by atoms with van der Waals surface area (Å²) in [4.78, 5) is 4.22. The number of hydrogen-bond acceptors (Lipinski definition) is 6. The van der Waals surface area contributed by atoms with Crippen molar-refractivity contribution in [3.05, 3.63) is 70.8 Å². The first-order chi connectivity index (χ1) is 17.9. The molecule has 2 aromatic rings. The van der Waals surface area contributed by atoms with Gasteiger partial charge in [0, 0.05) is 24.5 Å². The number of rotatable bonds is 8. The molecule has 1 unspecified atom stereocenters. The van der Waals surface area contributed by atoms with Crippen molar-refractivity contribution in [1.82, 2.24) is 9.80 Å². The molecule has 1 saturated heterocycles. The van der Waals surface area contributed by atoms with Crippen LogP contribution in [-0.4, -0.2) is 55.5 Å². The number of piperidine rings is 1. The molecule has 0 bridgehead atoms. The molecule has 6 nitrogen and oxygen atoms in total. The first-order valence-electron chi connectivity index (χ1n) is 12.2. The van der Waals surface area contributed by atoms with Crippen LogP contribution in [-0.2, 0) is 23.7 Å². The van der Waals surface area contributed by atoms with Crippen molar-refractivity contribution in [3.8, 4) is 0 Å². The van der Waals surface area contributed by atoms with Crippen LogP contribution < -0.4 is 0 Å². The van der Waals surface area contributed by atoms with Gasteiger partial charge in [0.2, 0.25) is 0 Å². The summed E-state index contributed by atoms with van der Waals surface area (Å²) in [7, 11) is 3.79. The maximum Gasteiger partial charge on any atom is 0.416 e. The molecule has 0 amide bonds. The molecule has 5 rings (SSSR count). The highest BCUT2D eigenvalue weighted by atomic mass is 19.4. The zero-order valence-corrected chi connectivity index (χ0v) is 20.8. The molecule has 204 valence electrons. The van der Waals surface area contributed by atoms with E-state index in [0.717, 1.165) is 36.4 Å². The Labute approximate surface area is 216 Å².